The van der Waals surface area contributed by atoms with Crippen LogP contribution in [0.5, 0.6) is 0 Å². The van der Waals surface area contributed by atoms with Crippen molar-refractivity contribution in [1.82, 2.24) is 15.5 Å². The van der Waals surface area contributed by atoms with Crippen LogP contribution in [0.25, 0.3) is 0 Å². The number of thiophene rings is 1. The molecule has 29 heavy (non-hydrogen) atoms. The van der Waals surface area contributed by atoms with Crippen LogP contribution in [0.4, 0.5) is 0 Å². The Hall–Kier alpha value is -1.89. The third-order valence-corrected chi connectivity index (χ3v) is 7.21. The molecule has 1 aromatic heterocycles. The Labute approximate surface area is 177 Å². The fourth-order valence-electron chi connectivity index (χ4n) is 4.34. The molecule has 0 aromatic carbocycles. The van der Waals surface area contributed by atoms with E-state index in [9.17, 15) is 14.4 Å². The summed E-state index contributed by atoms with van der Waals surface area (Å²) < 4.78 is 0. The highest BCUT2D eigenvalue weighted by atomic mass is 32.1. The normalized spacial score (nSPS) is 20.3. The van der Waals surface area contributed by atoms with Crippen molar-refractivity contribution in [2.75, 3.05) is 13.1 Å². The summed E-state index contributed by atoms with van der Waals surface area (Å²) in [6.45, 7) is 5.33. The Balaban J connectivity index is 1.63. The third kappa shape index (κ3) is 5.59. The van der Waals surface area contributed by atoms with E-state index in [-0.39, 0.29) is 35.6 Å². The van der Waals surface area contributed by atoms with Crippen LogP contribution >= 0.6 is 11.3 Å². The molecule has 2 fully saturated rings. The zero-order chi connectivity index (χ0) is 20.8. The molecule has 2 heterocycles. The zero-order valence-corrected chi connectivity index (χ0v) is 18.3. The van der Waals surface area contributed by atoms with Crippen molar-refractivity contribution in [3.63, 3.8) is 0 Å². The number of rotatable bonds is 7. The molecule has 3 rings (SSSR count). The number of piperidine rings is 1. The molecule has 2 N–H and O–H groups in total. The van der Waals surface area contributed by atoms with Crippen LogP contribution in [0.3, 0.4) is 0 Å². The molecule has 2 atom stereocenters. The number of likely N-dealkylation sites (tertiary alicyclic amines) is 1. The van der Waals surface area contributed by atoms with Gasteiger partial charge in [-0.1, -0.05) is 25.8 Å². The fourth-order valence-corrected chi connectivity index (χ4v) is 4.96. The number of carbonyl (C=O) groups is 3. The maximum atomic E-state index is 12.9. The fraction of sp³-hybridized carbons (Fsp3) is 0.682. The van der Waals surface area contributed by atoms with Gasteiger partial charge in [-0.3, -0.25) is 14.4 Å². The lowest BCUT2D eigenvalue weighted by atomic mass is 9.87. The summed E-state index contributed by atoms with van der Waals surface area (Å²) in [5.74, 6) is 0.188. The smallest absolute Gasteiger partial charge is 0.262 e. The van der Waals surface area contributed by atoms with Crippen molar-refractivity contribution < 1.29 is 14.4 Å². The number of hydrogen-bond acceptors (Lipinski definition) is 4. The second kappa shape index (κ2) is 10.2. The predicted octanol–water partition coefficient (Wildman–Crippen LogP) is 3.19. The molecule has 160 valence electrons. The Morgan fingerprint density at radius 3 is 2.41 bits per heavy atom. The van der Waals surface area contributed by atoms with Crippen molar-refractivity contribution in [1.29, 1.82) is 0 Å². The molecule has 6 nitrogen and oxygen atoms in total. The summed E-state index contributed by atoms with van der Waals surface area (Å²) in [4.78, 5) is 40.8. The van der Waals surface area contributed by atoms with E-state index >= 15 is 0 Å². The van der Waals surface area contributed by atoms with Crippen molar-refractivity contribution in [2.45, 2.75) is 70.9 Å². The van der Waals surface area contributed by atoms with Crippen molar-refractivity contribution >= 4 is 29.1 Å². The highest BCUT2D eigenvalue weighted by molar-refractivity contribution is 7.12. The average molecular weight is 420 g/mol. The van der Waals surface area contributed by atoms with Gasteiger partial charge >= 0.3 is 0 Å². The summed E-state index contributed by atoms with van der Waals surface area (Å²) in [6, 6.07) is 3.10. The molecule has 1 saturated heterocycles. The zero-order valence-electron chi connectivity index (χ0n) is 17.5. The van der Waals surface area contributed by atoms with E-state index in [1.54, 1.807) is 6.07 Å². The van der Waals surface area contributed by atoms with Gasteiger partial charge < -0.3 is 15.5 Å². The molecule has 7 heteroatoms. The first-order valence-electron chi connectivity index (χ1n) is 10.9. The van der Waals surface area contributed by atoms with E-state index in [1.807, 2.05) is 30.2 Å². The van der Waals surface area contributed by atoms with Gasteiger partial charge in [-0.05, 0) is 56.4 Å². The molecule has 1 aliphatic carbocycles. The molecular weight excluding hydrogens is 386 g/mol. The van der Waals surface area contributed by atoms with Gasteiger partial charge in [-0.2, -0.15) is 0 Å². The molecular formula is C22H33N3O3S. The average Bonchev–Trinajstić information content (AvgIpc) is 3.45. The highest BCUT2D eigenvalue weighted by Crippen LogP contribution is 2.29. The molecule has 0 radical (unpaired) electrons. The lowest BCUT2D eigenvalue weighted by Crippen LogP contribution is -2.55. The van der Waals surface area contributed by atoms with Gasteiger partial charge in [-0.25, -0.2) is 0 Å². The minimum absolute atomic E-state index is 0.0376. The summed E-state index contributed by atoms with van der Waals surface area (Å²) in [5, 5.41) is 7.86. The summed E-state index contributed by atoms with van der Waals surface area (Å²) >= 11 is 1.37. The van der Waals surface area contributed by atoms with E-state index in [0.717, 1.165) is 44.9 Å². The van der Waals surface area contributed by atoms with Crippen LogP contribution in [0, 0.1) is 11.8 Å². The Kier molecular flexibility index (Phi) is 7.70. The number of nitrogens with one attached hydrogen (secondary N) is 2. The van der Waals surface area contributed by atoms with Crippen LogP contribution in [0.15, 0.2) is 17.5 Å². The van der Waals surface area contributed by atoms with Crippen LogP contribution in [-0.4, -0.2) is 47.8 Å². The van der Waals surface area contributed by atoms with E-state index in [0.29, 0.717) is 18.0 Å². The lowest BCUT2D eigenvalue weighted by molar-refractivity contribution is -0.137. The minimum Gasteiger partial charge on any atom is -0.352 e. The lowest BCUT2D eigenvalue weighted by Gasteiger charge is -2.37. The third-order valence-electron chi connectivity index (χ3n) is 6.34. The molecule has 0 spiro atoms. The molecule has 2 aliphatic rings. The molecule has 1 saturated carbocycles. The number of hydrogen-bond donors (Lipinski definition) is 2. The van der Waals surface area contributed by atoms with Gasteiger partial charge in [0.25, 0.3) is 5.91 Å². The summed E-state index contributed by atoms with van der Waals surface area (Å²) in [7, 11) is 0. The quantitative estimate of drug-likeness (QED) is 0.712. The number of carbonyl (C=O) groups excluding carboxylic acids is 3. The van der Waals surface area contributed by atoms with Crippen molar-refractivity contribution in [2.24, 2.45) is 11.8 Å². The van der Waals surface area contributed by atoms with E-state index in [1.165, 1.54) is 11.3 Å². The first kappa shape index (κ1) is 21.8. The minimum atomic E-state index is -0.567. The van der Waals surface area contributed by atoms with E-state index in [2.05, 4.69) is 10.6 Å². The SMILES string of the molecule is CC[C@@H](C)NC(=O)[C@H](NC(=O)c1cccs1)C1CCN(C(=O)C2CCCC2)CC1. The monoisotopic (exact) mass is 419 g/mol. The number of amides is 3. The van der Waals surface area contributed by atoms with Gasteiger partial charge in [0.1, 0.15) is 6.04 Å². The van der Waals surface area contributed by atoms with Crippen molar-refractivity contribution in [3.8, 4) is 0 Å². The Morgan fingerprint density at radius 1 is 1.14 bits per heavy atom. The van der Waals surface area contributed by atoms with Crippen LogP contribution in [0.2, 0.25) is 0 Å². The van der Waals surface area contributed by atoms with Gasteiger partial charge in [0.2, 0.25) is 11.8 Å². The van der Waals surface area contributed by atoms with Crippen LogP contribution in [0.1, 0.15) is 68.5 Å². The second-order valence-corrected chi connectivity index (χ2v) is 9.34. The standard InChI is InChI=1S/C22H33N3O3S/c1-3-15(2)23-21(27)19(24-20(26)18-9-6-14-29-18)16-10-12-25(13-11-16)22(28)17-7-4-5-8-17/h6,9,14-17,19H,3-5,7-8,10-13H2,1-2H3,(H,23,27)(H,24,26)/t15-,19-/m1/s1. The molecule has 0 unspecified atom stereocenters. The van der Waals surface area contributed by atoms with Gasteiger partial charge in [-0.15, -0.1) is 11.3 Å². The number of nitrogens with zero attached hydrogens (tertiary/aromatic N) is 1. The van der Waals surface area contributed by atoms with Crippen LogP contribution in [-0.2, 0) is 9.59 Å². The van der Waals surface area contributed by atoms with Crippen molar-refractivity contribution in [3.05, 3.63) is 22.4 Å². The predicted molar refractivity (Wildman–Crippen MR) is 115 cm³/mol. The summed E-state index contributed by atoms with van der Waals surface area (Å²) in [5.41, 5.74) is 0. The molecule has 1 aromatic rings. The van der Waals surface area contributed by atoms with Gasteiger partial charge in [0.15, 0.2) is 0 Å². The Bertz CT molecular complexity index is 692. The van der Waals surface area contributed by atoms with Crippen LogP contribution < -0.4 is 10.6 Å². The topological polar surface area (TPSA) is 78.5 Å². The van der Waals surface area contributed by atoms with Gasteiger partial charge in [0.05, 0.1) is 4.88 Å². The maximum Gasteiger partial charge on any atom is 0.262 e. The molecule has 0 bridgehead atoms. The Morgan fingerprint density at radius 2 is 1.83 bits per heavy atom. The van der Waals surface area contributed by atoms with E-state index < -0.39 is 6.04 Å². The maximum absolute atomic E-state index is 12.9. The molecule has 3 amide bonds. The summed E-state index contributed by atoms with van der Waals surface area (Å²) in [6.07, 6.45) is 6.64. The first-order valence-corrected chi connectivity index (χ1v) is 11.8. The van der Waals surface area contributed by atoms with E-state index in [4.69, 9.17) is 0 Å². The second-order valence-electron chi connectivity index (χ2n) is 8.39. The first-order chi connectivity index (χ1) is 14.0. The highest BCUT2D eigenvalue weighted by Gasteiger charge is 2.36. The van der Waals surface area contributed by atoms with Gasteiger partial charge in [0, 0.05) is 25.0 Å². The molecule has 1 aliphatic heterocycles. The largest absolute Gasteiger partial charge is 0.352 e.